The van der Waals surface area contributed by atoms with E-state index in [1.807, 2.05) is 0 Å². The maximum atomic E-state index is 6.30. The molecule has 5 heteroatoms. The number of rotatable bonds is 7. The number of halogens is 2. The molecule has 0 spiro atoms. The second kappa shape index (κ2) is 11.7. The van der Waals surface area contributed by atoms with Crippen LogP contribution in [0.2, 0.25) is 19.6 Å². The van der Waals surface area contributed by atoms with E-state index in [0.29, 0.717) is 11.3 Å². The molecule has 0 bridgehead atoms. The molecule has 0 aromatic carbocycles. The Morgan fingerprint density at radius 3 is 2.33 bits per heavy atom. The van der Waals surface area contributed by atoms with Crippen molar-refractivity contribution in [2.75, 3.05) is 6.61 Å². The van der Waals surface area contributed by atoms with E-state index in [9.17, 15) is 0 Å². The molecule has 0 aromatic heterocycles. The summed E-state index contributed by atoms with van der Waals surface area (Å²) in [5.41, 5.74) is 2.07. The van der Waals surface area contributed by atoms with Crippen molar-refractivity contribution in [1.29, 1.82) is 0 Å². The number of fused-ring (bicyclic) bond motifs is 1. The van der Waals surface area contributed by atoms with Gasteiger partial charge in [0.1, 0.15) is 0 Å². The van der Waals surface area contributed by atoms with Gasteiger partial charge in [0, 0.05) is 12.5 Å². The number of allylic oxidation sites excluding steroid dienone is 8. The normalized spacial score (nSPS) is 25.7. The summed E-state index contributed by atoms with van der Waals surface area (Å²) >= 11 is 0. The first kappa shape index (κ1) is 27.6. The average molecular weight is 505 g/mol. The third kappa shape index (κ3) is 6.29. The van der Waals surface area contributed by atoms with Crippen LogP contribution in [-0.4, -0.2) is 14.9 Å². The van der Waals surface area contributed by atoms with Crippen molar-refractivity contribution in [3.05, 3.63) is 48.1 Å². The summed E-state index contributed by atoms with van der Waals surface area (Å²) in [5, 5.41) is 0. The predicted molar refractivity (Wildman–Crippen MR) is 106 cm³/mol. The Morgan fingerprint density at radius 2 is 1.74 bits per heavy atom. The molecule has 3 rings (SSSR count). The van der Waals surface area contributed by atoms with Gasteiger partial charge < -0.3 is 29.2 Å². The van der Waals surface area contributed by atoms with Gasteiger partial charge in [-0.2, -0.15) is 0 Å². The van der Waals surface area contributed by atoms with Gasteiger partial charge in [0.15, 0.2) is 8.32 Å². The van der Waals surface area contributed by atoms with Crippen LogP contribution in [0.4, 0.5) is 0 Å². The molecule has 0 N–H and O–H groups in total. The van der Waals surface area contributed by atoms with Crippen LogP contribution in [0.15, 0.2) is 48.1 Å². The van der Waals surface area contributed by atoms with Gasteiger partial charge in [-0.25, -0.2) is 0 Å². The van der Waals surface area contributed by atoms with E-state index in [1.165, 1.54) is 32.1 Å². The van der Waals surface area contributed by atoms with E-state index in [1.54, 1.807) is 5.57 Å². The quantitative estimate of drug-likeness (QED) is 0.453. The van der Waals surface area contributed by atoms with Gasteiger partial charge in [0.25, 0.3) is 0 Å². The van der Waals surface area contributed by atoms with Gasteiger partial charge in [0.05, 0.1) is 0 Å². The van der Waals surface area contributed by atoms with Crippen LogP contribution in [0.5, 0.6) is 0 Å². The maximum Gasteiger partial charge on any atom is 2.00 e. The summed E-state index contributed by atoms with van der Waals surface area (Å²) in [6.45, 7) is 10.2. The van der Waals surface area contributed by atoms with Gasteiger partial charge in [0.2, 0.25) is 0 Å². The minimum atomic E-state index is -1.45. The van der Waals surface area contributed by atoms with Gasteiger partial charge >= 0.3 is 26.2 Å². The number of hydrogen-bond acceptors (Lipinski definition) is 1. The van der Waals surface area contributed by atoms with Crippen LogP contribution < -0.4 is 24.8 Å². The van der Waals surface area contributed by atoms with Crippen LogP contribution in [0.1, 0.15) is 39.0 Å². The SMILES string of the molecule is CCC(CCO[Si](C)(C)C)(C1C=CC=C1)C1CCC2CC=CC=C21.[Cl-].[Cl-].[Zr+2]. The molecule has 0 heterocycles. The fraction of sp³-hybridized carbons (Fsp3) is 0.636. The Balaban J connectivity index is 0.00000225. The summed E-state index contributed by atoms with van der Waals surface area (Å²) in [7, 11) is -1.45. The van der Waals surface area contributed by atoms with E-state index in [-0.39, 0.29) is 51.0 Å². The zero-order valence-corrected chi connectivity index (χ0v) is 22.2. The van der Waals surface area contributed by atoms with Crippen molar-refractivity contribution in [3.8, 4) is 0 Å². The van der Waals surface area contributed by atoms with Gasteiger partial charge in [-0.3, -0.25) is 0 Å². The minimum absolute atomic E-state index is 0. The molecular formula is C22H34Cl2OSiZr. The zero-order valence-electron chi connectivity index (χ0n) is 17.2. The van der Waals surface area contributed by atoms with E-state index in [0.717, 1.165) is 18.4 Å². The summed E-state index contributed by atoms with van der Waals surface area (Å²) < 4.78 is 6.30. The Kier molecular flexibility index (Phi) is 12.0. The molecule has 150 valence electrons. The van der Waals surface area contributed by atoms with Crippen LogP contribution in [-0.2, 0) is 30.6 Å². The van der Waals surface area contributed by atoms with Crippen molar-refractivity contribution in [2.24, 2.45) is 23.2 Å². The third-order valence-corrected chi connectivity index (χ3v) is 7.46. The Morgan fingerprint density at radius 1 is 1.07 bits per heavy atom. The van der Waals surface area contributed by atoms with Crippen molar-refractivity contribution in [2.45, 2.75) is 58.7 Å². The van der Waals surface area contributed by atoms with E-state index < -0.39 is 8.32 Å². The second-order valence-electron chi connectivity index (χ2n) is 8.75. The van der Waals surface area contributed by atoms with Crippen molar-refractivity contribution in [1.82, 2.24) is 0 Å². The molecular weight excluding hydrogens is 470 g/mol. The predicted octanol–water partition coefficient (Wildman–Crippen LogP) is 0.285. The van der Waals surface area contributed by atoms with Crippen LogP contribution in [0.3, 0.4) is 0 Å². The molecule has 3 unspecified atom stereocenters. The Labute approximate surface area is 199 Å². The molecule has 0 aromatic rings. The van der Waals surface area contributed by atoms with E-state index >= 15 is 0 Å². The van der Waals surface area contributed by atoms with Crippen LogP contribution >= 0.6 is 0 Å². The zero-order chi connectivity index (χ0) is 17.2. The fourth-order valence-corrected chi connectivity index (χ4v) is 5.84. The molecule has 3 atom stereocenters. The average Bonchev–Trinajstić information content (AvgIpc) is 3.21. The summed E-state index contributed by atoms with van der Waals surface area (Å²) in [5.74, 6) is 2.10. The van der Waals surface area contributed by atoms with Gasteiger partial charge in [-0.1, -0.05) is 55.0 Å². The maximum absolute atomic E-state index is 6.30. The first-order valence-corrected chi connectivity index (χ1v) is 13.2. The smallest absolute Gasteiger partial charge is 1.00 e. The van der Waals surface area contributed by atoms with E-state index in [4.69, 9.17) is 4.43 Å². The summed E-state index contributed by atoms with van der Waals surface area (Å²) in [4.78, 5) is 0. The topological polar surface area (TPSA) is 9.23 Å². The van der Waals surface area contributed by atoms with Crippen molar-refractivity contribution in [3.63, 3.8) is 0 Å². The first-order valence-electron chi connectivity index (χ1n) is 9.82. The molecule has 27 heavy (non-hydrogen) atoms. The van der Waals surface area contributed by atoms with Crippen molar-refractivity contribution >= 4 is 8.32 Å². The third-order valence-electron chi connectivity index (χ3n) is 6.39. The largest absolute Gasteiger partial charge is 2.00 e. The summed E-state index contributed by atoms with van der Waals surface area (Å²) in [6, 6.07) is 0. The molecule has 1 nitrogen and oxygen atoms in total. The fourth-order valence-electron chi connectivity index (χ4n) is 5.13. The molecule has 1 fully saturated rings. The molecule has 1 saturated carbocycles. The minimum Gasteiger partial charge on any atom is -1.00 e. The Bertz CT molecular complexity index is 567. The van der Waals surface area contributed by atoms with Crippen molar-refractivity contribution < 1.29 is 55.4 Å². The molecule has 3 aliphatic rings. The number of hydrogen-bond donors (Lipinski definition) is 0. The second-order valence-corrected chi connectivity index (χ2v) is 13.3. The van der Waals surface area contributed by atoms with Crippen LogP contribution in [0.25, 0.3) is 0 Å². The van der Waals surface area contributed by atoms with E-state index in [2.05, 4.69) is 69.1 Å². The van der Waals surface area contributed by atoms with Crippen LogP contribution in [0, 0.1) is 23.2 Å². The monoisotopic (exact) mass is 502 g/mol. The van der Waals surface area contributed by atoms with Gasteiger partial charge in [-0.05, 0) is 69.0 Å². The molecule has 0 amide bonds. The first-order chi connectivity index (χ1) is 11.5. The standard InChI is InChI=1S/C22H34OSi.2ClH.Zr/c1-5-22(19-11-7-8-12-19,16-17-23-24(2,3)4)21-15-14-18-10-6-9-13-20(18)21;;;/h6-9,11-13,18-19,21H,5,10,14-17H2,1-4H3;2*1H;/q;;;+2/p-2. The summed E-state index contributed by atoms with van der Waals surface area (Å²) in [6.07, 6.45) is 22.9. The molecule has 0 radical (unpaired) electrons. The Hall–Kier alpha value is 0.600. The molecule has 3 aliphatic carbocycles. The van der Waals surface area contributed by atoms with Gasteiger partial charge in [-0.15, -0.1) is 0 Å². The molecule has 0 aliphatic heterocycles. The molecule has 0 saturated heterocycles.